The number of anilines is 1. The lowest BCUT2D eigenvalue weighted by atomic mass is 9.89. The van der Waals surface area contributed by atoms with E-state index in [1.54, 1.807) is 6.33 Å². The van der Waals surface area contributed by atoms with Gasteiger partial charge in [-0.1, -0.05) is 30.3 Å². The maximum atomic E-state index is 6.41. The zero-order chi connectivity index (χ0) is 25.4. The van der Waals surface area contributed by atoms with Crippen LogP contribution in [-0.2, 0) is 0 Å². The Balaban J connectivity index is 1.24. The van der Waals surface area contributed by atoms with Gasteiger partial charge in [0, 0.05) is 49.0 Å². The van der Waals surface area contributed by atoms with Gasteiger partial charge in [0.15, 0.2) is 0 Å². The van der Waals surface area contributed by atoms with Crippen molar-refractivity contribution in [2.45, 2.75) is 63.7 Å². The van der Waals surface area contributed by atoms with Crippen LogP contribution < -0.4 is 15.8 Å². The number of nitrogens with zero attached hydrogens (tertiary/aromatic N) is 4. The number of nitrogens with two attached hydrogens (primary N) is 1. The summed E-state index contributed by atoms with van der Waals surface area (Å²) in [6.45, 7) is 6.88. The van der Waals surface area contributed by atoms with Crippen LogP contribution in [-0.4, -0.2) is 50.7 Å². The maximum absolute atomic E-state index is 6.41. The van der Waals surface area contributed by atoms with Crippen molar-refractivity contribution in [2.75, 3.05) is 18.8 Å². The van der Waals surface area contributed by atoms with Crippen LogP contribution in [0.1, 0.15) is 45.6 Å². The zero-order valence-electron chi connectivity index (χ0n) is 21.7. The second-order valence-electron chi connectivity index (χ2n) is 10.7. The Bertz CT molecular complexity index is 1330. The maximum Gasteiger partial charge on any atom is 0.146 e. The minimum Gasteiger partial charge on any atom is -0.457 e. The molecule has 2 atom stereocenters. The van der Waals surface area contributed by atoms with E-state index < -0.39 is 0 Å². The molecule has 2 aromatic heterocycles. The van der Waals surface area contributed by atoms with Crippen molar-refractivity contribution in [3.63, 3.8) is 0 Å². The molecule has 1 aliphatic heterocycles. The Morgan fingerprint density at radius 1 is 0.838 bits per heavy atom. The monoisotopic (exact) mass is 496 g/mol. The molecular weight excluding hydrogens is 460 g/mol. The summed E-state index contributed by atoms with van der Waals surface area (Å²) in [6.07, 6.45) is 8.55. The fourth-order valence-electron chi connectivity index (χ4n) is 6.30. The number of nitrogen functional groups attached to an aromatic ring is 1. The largest absolute Gasteiger partial charge is 0.457 e. The number of aromatic nitrogens is 3. The molecule has 7 heteroatoms. The van der Waals surface area contributed by atoms with E-state index >= 15 is 0 Å². The number of benzene rings is 2. The minimum atomic E-state index is 0.417. The predicted octanol–water partition coefficient (Wildman–Crippen LogP) is 5.64. The highest BCUT2D eigenvalue weighted by Gasteiger charge is 2.31. The molecule has 3 N–H and O–H groups in total. The number of ether oxygens (including phenoxy) is 1. The molecule has 7 nitrogen and oxygen atoms in total. The Morgan fingerprint density at radius 2 is 1.49 bits per heavy atom. The number of hydrogen-bond acceptors (Lipinski definition) is 6. The second-order valence-corrected chi connectivity index (χ2v) is 10.7. The van der Waals surface area contributed by atoms with Gasteiger partial charge < -0.3 is 20.4 Å². The minimum absolute atomic E-state index is 0.417. The van der Waals surface area contributed by atoms with E-state index in [2.05, 4.69) is 51.9 Å². The SMILES string of the molecule is C[C@@H]1CN(C2CCC(n3cc(-c4ccc(Oc5ccccc5)cc4)c4c(N)ncnc43)CC2)C[C@H](C)N1. The van der Waals surface area contributed by atoms with Crippen LogP contribution in [0.25, 0.3) is 22.2 Å². The second kappa shape index (κ2) is 10.1. The highest BCUT2D eigenvalue weighted by molar-refractivity contribution is 6.00. The summed E-state index contributed by atoms with van der Waals surface area (Å²) < 4.78 is 8.35. The van der Waals surface area contributed by atoms with Crippen LogP contribution in [0.4, 0.5) is 5.82 Å². The molecule has 0 amide bonds. The van der Waals surface area contributed by atoms with Crippen LogP contribution in [0.15, 0.2) is 67.1 Å². The van der Waals surface area contributed by atoms with E-state index in [-0.39, 0.29) is 0 Å². The first-order valence-electron chi connectivity index (χ1n) is 13.5. The molecule has 37 heavy (non-hydrogen) atoms. The van der Waals surface area contributed by atoms with Gasteiger partial charge in [0.1, 0.15) is 29.3 Å². The summed E-state index contributed by atoms with van der Waals surface area (Å²) in [5.41, 5.74) is 9.51. The normalized spacial score (nSPS) is 24.8. The summed E-state index contributed by atoms with van der Waals surface area (Å²) in [6, 6.07) is 20.2. The molecule has 0 radical (unpaired) electrons. The van der Waals surface area contributed by atoms with Gasteiger partial charge in [0.25, 0.3) is 0 Å². The third-order valence-electron chi connectivity index (χ3n) is 7.94. The topological polar surface area (TPSA) is 81.2 Å². The quantitative estimate of drug-likeness (QED) is 0.372. The Hall–Kier alpha value is -3.42. The fourth-order valence-corrected chi connectivity index (χ4v) is 6.30. The van der Waals surface area contributed by atoms with Crippen molar-refractivity contribution < 1.29 is 4.74 Å². The van der Waals surface area contributed by atoms with Gasteiger partial charge in [0.05, 0.1) is 5.39 Å². The summed E-state index contributed by atoms with van der Waals surface area (Å²) in [5.74, 6) is 2.16. The zero-order valence-corrected chi connectivity index (χ0v) is 21.7. The first kappa shape index (κ1) is 23.9. The summed E-state index contributed by atoms with van der Waals surface area (Å²) in [7, 11) is 0. The van der Waals surface area contributed by atoms with Crippen LogP contribution in [0.5, 0.6) is 11.5 Å². The molecule has 192 valence electrons. The van der Waals surface area contributed by atoms with E-state index in [9.17, 15) is 0 Å². The number of piperazine rings is 1. The van der Waals surface area contributed by atoms with Crippen molar-refractivity contribution >= 4 is 16.9 Å². The molecular formula is C30H36N6O. The lowest BCUT2D eigenvalue weighted by molar-refractivity contribution is 0.0890. The van der Waals surface area contributed by atoms with Crippen LogP contribution >= 0.6 is 0 Å². The molecule has 6 rings (SSSR count). The summed E-state index contributed by atoms with van der Waals surface area (Å²) >= 11 is 0. The highest BCUT2D eigenvalue weighted by Crippen LogP contribution is 2.39. The molecule has 2 aliphatic rings. The van der Waals surface area contributed by atoms with Crippen LogP contribution in [0, 0.1) is 0 Å². The van der Waals surface area contributed by atoms with E-state index in [1.165, 1.54) is 12.8 Å². The van der Waals surface area contributed by atoms with Crippen LogP contribution in [0.3, 0.4) is 0 Å². The van der Waals surface area contributed by atoms with Gasteiger partial charge in [-0.25, -0.2) is 9.97 Å². The van der Waals surface area contributed by atoms with Crippen molar-refractivity contribution in [3.05, 3.63) is 67.1 Å². The Kier molecular flexibility index (Phi) is 6.57. The van der Waals surface area contributed by atoms with Gasteiger partial charge in [-0.05, 0) is 69.4 Å². The first-order chi connectivity index (χ1) is 18.0. The fraction of sp³-hybridized carbons (Fsp3) is 0.400. The lowest BCUT2D eigenvalue weighted by Gasteiger charge is -2.43. The lowest BCUT2D eigenvalue weighted by Crippen LogP contribution is -2.57. The molecule has 2 fully saturated rings. The summed E-state index contributed by atoms with van der Waals surface area (Å²) in [5, 5.41) is 4.60. The molecule has 0 unspecified atom stereocenters. The van der Waals surface area contributed by atoms with E-state index in [0.717, 1.165) is 59.6 Å². The Labute approximate surface area is 218 Å². The third-order valence-corrected chi connectivity index (χ3v) is 7.94. The van der Waals surface area contributed by atoms with E-state index in [0.29, 0.717) is 30.0 Å². The van der Waals surface area contributed by atoms with Crippen LogP contribution in [0.2, 0.25) is 0 Å². The van der Waals surface area contributed by atoms with Gasteiger partial charge in [0.2, 0.25) is 0 Å². The molecule has 4 aromatic rings. The van der Waals surface area contributed by atoms with Gasteiger partial charge >= 0.3 is 0 Å². The number of rotatable bonds is 5. The smallest absolute Gasteiger partial charge is 0.146 e. The van der Waals surface area contributed by atoms with Gasteiger partial charge in [-0.2, -0.15) is 0 Å². The third kappa shape index (κ3) is 4.93. The highest BCUT2D eigenvalue weighted by atomic mass is 16.5. The summed E-state index contributed by atoms with van der Waals surface area (Å²) in [4.78, 5) is 11.7. The number of para-hydroxylation sites is 1. The standard InChI is InChI=1S/C30H36N6O/c1-20-16-35(17-21(2)34-20)23-10-12-24(13-11-23)36-18-27(28-29(31)32-19-33-30(28)36)22-8-14-26(15-9-22)37-25-6-4-3-5-7-25/h3-9,14-15,18-21,23-24,34H,10-13,16-17H2,1-2H3,(H2,31,32,33)/t20-,21+,23?,24?. The molecule has 3 heterocycles. The molecule has 1 aliphatic carbocycles. The van der Waals surface area contributed by atoms with Gasteiger partial charge in [-0.15, -0.1) is 0 Å². The van der Waals surface area contributed by atoms with E-state index in [1.807, 2.05) is 42.5 Å². The molecule has 1 saturated carbocycles. The van der Waals surface area contributed by atoms with Crippen molar-refractivity contribution in [2.24, 2.45) is 0 Å². The number of hydrogen-bond donors (Lipinski definition) is 2. The predicted molar refractivity (Wildman–Crippen MR) is 149 cm³/mol. The molecule has 0 spiro atoms. The average molecular weight is 497 g/mol. The van der Waals surface area contributed by atoms with Crippen molar-refractivity contribution in [1.82, 2.24) is 24.8 Å². The van der Waals surface area contributed by atoms with Gasteiger partial charge in [-0.3, -0.25) is 4.90 Å². The molecule has 1 saturated heterocycles. The number of fused-ring (bicyclic) bond motifs is 1. The molecule has 2 aromatic carbocycles. The van der Waals surface area contributed by atoms with E-state index in [4.69, 9.17) is 15.5 Å². The Morgan fingerprint density at radius 3 is 2.19 bits per heavy atom. The average Bonchev–Trinajstić information content (AvgIpc) is 3.30. The van der Waals surface area contributed by atoms with Crippen molar-refractivity contribution in [3.8, 4) is 22.6 Å². The number of nitrogens with one attached hydrogen (secondary N) is 1. The molecule has 0 bridgehead atoms. The van der Waals surface area contributed by atoms with Crippen molar-refractivity contribution in [1.29, 1.82) is 0 Å². The first-order valence-corrected chi connectivity index (χ1v) is 13.5.